The van der Waals surface area contributed by atoms with E-state index < -0.39 is 0 Å². The second-order valence-electron chi connectivity index (χ2n) is 1.02. The van der Waals surface area contributed by atoms with Crippen LogP contribution in [-0.2, 0) is 33.6 Å². The predicted octanol–water partition coefficient (Wildman–Crippen LogP) is 1.72. The first-order valence-electron chi connectivity index (χ1n) is 2.14. The fourth-order valence-electron chi connectivity index (χ4n) is 0.313. The maximum atomic E-state index is 4.21. The molecule has 0 aromatic carbocycles. The van der Waals surface area contributed by atoms with Gasteiger partial charge in [0.2, 0.25) is 0 Å². The molecule has 0 bridgehead atoms. The molecule has 0 saturated heterocycles. The SMILES string of the molecule is [Cu].[S]=[Zn].c1ccncc1. The van der Waals surface area contributed by atoms with Gasteiger partial charge in [-0.05, 0) is 12.1 Å². The molecule has 49 valence electrons. The average molecular weight is 240 g/mol. The molecular weight excluding hydrogens is 235 g/mol. The Kier molecular flexibility index (Phi) is 15.4. The van der Waals surface area contributed by atoms with Crippen LogP contribution in [0.4, 0.5) is 0 Å². The molecular formula is C5H5CuNSZn. The minimum absolute atomic E-state index is 0. The molecule has 1 aromatic heterocycles. The van der Waals surface area contributed by atoms with E-state index in [2.05, 4.69) is 15.1 Å². The Morgan fingerprint density at radius 2 is 1.44 bits per heavy atom. The van der Waals surface area contributed by atoms with Gasteiger partial charge in [-0.2, -0.15) is 0 Å². The smallest absolute Gasteiger partial charge is 0.0267 e. The summed E-state index contributed by atoms with van der Waals surface area (Å²) < 4.78 is 0. The molecule has 1 nitrogen and oxygen atoms in total. The minimum Gasteiger partial charge on any atom is -0.265 e. The zero-order chi connectivity index (χ0) is 6.24. The largest absolute Gasteiger partial charge is 0.265 e. The molecule has 1 rings (SSSR count). The standard InChI is InChI=1S/C5H5N.Cu.S.Zn/c1-2-4-6-5-3-1;;;/h1-5H;;;. The fraction of sp³-hybridized carbons (Fsp3) is 0. The monoisotopic (exact) mass is 238 g/mol. The fourth-order valence-corrected chi connectivity index (χ4v) is 0.313. The summed E-state index contributed by atoms with van der Waals surface area (Å²) in [6, 6.07) is 5.72. The molecule has 4 heteroatoms. The van der Waals surface area contributed by atoms with E-state index in [4.69, 9.17) is 0 Å². The van der Waals surface area contributed by atoms with Crippen LogP contribution in [0.2, 0.25) is 0 Å². The number of rotatable bonds is 0. The molecule has 0 atom stereocenters. The molecule has 9 heavy (non-hydrogen) atoms. The molecule has 1 aromatic rings. The molecule has 0 saturated carbocycles. The van der Waals surface area contributed by atoms with Crippen LogP contribution >= 0.6 is 10.1 Å². The van der Waals surface area contributed by atoms with Gasteiger partial charge < -0.3 is 0 Å². The van der Waals surface area contributed by atoms with Gasteiger partial charge in [-0.15, -0.1) is 0 Å². The van der Waals surface area contributed by atoms with Gasteiger partial charge in [0.1, 0.15) is 0 Å². The van der Waals surface area contributed by atoms with Crippen molar-refractivity contribution in [3.8, 4) is 0 Å². The Hall–Kier alpha value is 0.513. The van der Waals surface area contributed by atoms with Crippen LogP contribution in [0.1, 0.15) is 0 Å². The second kappa shape index (κ2) is 11.3. The van der Waals surface area contributed by atoms with Gasteiger partial charge in [0, 0.05) is 29.5 Å². The summed E-state index contributed by atoms with van der Waals surface area (Å²) in [4.78, 5) is 3.78. The minimum atomic E-state index is 0. The summed E-state index contributed by atoms with van der Waals surface area (Å²) in [7, 11) is 4.21. The van der Waals surface area contributed by atoms with Gasteiger partial charge in [0.15, 0.2) is 0 Å². The number of aromatic nitrogens is 1. The molecule has 0 aliphatic carbocycles. The van der Waals surface area contributed by atoms with Crippen molar-refractivity contribution in [3.63, 3.8) is 0 Å². The Bertz CT molecular complexity index is 99.8. The first-order valence-corrected chi connectivity index (χ1v) is 6.35. The summed E-state index contributed by atoms with van der Waals surface area (Å²) >= 11 is 0.958. The van der Waals surface area contributed by atoms with Gasteiger partial charge in [0.05, 0.1) is 0 Å². The maximum Gasteiger partial charge on any atom is 0.0267 e. The number of pyridine rings is 1. The second-order valence-corrected chi connectivity index (χ2v) is 1.02. The van der Waals surface area contributed by atoms with Crippen molar-refractivity contribution in [3.05, 3.63) is 30.6 Å². The van der Waals surface area contributed by atoms with E-state index in [1.807, 2.05) is 18.2 Å². The summed E-state index contributed by atoms with van der Waals surface area (Å²) in [6.07, 6.45) is 3.50. The summed E-state index contributed by atoms with van der Waals surface area (Å²) in [5.41, 5.74) is 0. The van der Waals surface area contributed by atoms with Crippen LogP contribution in [0.3, 0.4) is 0 Å². The first-order chi connectivity index (χ1) is 4.00. The molecule has 0 aliphatic rings. The molecule has 0 N–H and O–H groups in total. The molecule has 0 aliphatic heterocycles. The third-order valence-corrected chi connectivity index (χ3v) is 0.566. The van der Waals surface area contributed by atoms with Gasteiger partial charge in [-0.3, -0.25) is 4.98 Å². The normalized spacial score (nSPS) is 6.00. The zero-order valence-electron chi connectivity index (χ0n) is 4.75. The Morgan fingerprint density at radius 1 is 1.00 bits per heavy atom. The first kappa shape index (κ1) is 12.2. The summed E-state index contributed by atoms with van der Waals surface area (Å²) in [5.74, 6) is 0. The van der Waals surface area contributed by atoms with Crippen LogP contribution in [0.25, 0.3) is 0 Å². The summed E-state index contributed by atoms with van der Waals surface area (Å²) in [6.45, 7) is 0. The van der Waals surface area contributed by atoms with E-state index in [0.29, 0.717) is 0 Å². The number of hydrogen-bond donors (Lipinski definition) is 0. The van der Waals surface area contributed by atoms with Crippen molar-refractivity contribution in [2.45, 2.75) is 0 Å². The van der Waals surface area contributed by atoms with Gasteiger partial charge >= 0.3 is 26.7 Å². The predicted molar refractivity (Wildman–Crippen MR) is 31.8 cm³/mol. The van der Waals surface area contributed by atoms with Crippen LogP contribution in [0.15, 0.2) is 30.6 Å². The topological polar surface area (TPSA) is 12.9 Å². The number of nitrogens with zero attached hydrogens (tertiary/aromatic N) is 1. The van der Waals surface area contributed by atoms with E-state index in [1.54, 1.807) is 12.4 Å². The molecule has 0 spiro atoms. The molecule has 1 heterocycles. The quantitative estimate of drug-likeness (QED) is 0.640. The number of hydrogen-bond acceptors (Lipinski definition) is 2. The van der Waals surface area contributed by atoms with Crippen molar-refractivity contribution in [2.75, 3.05) is 0 Å². The van der Waals surface area contributed by atoms with Crippen molar-refractivity contribution in [1.82, 2.24) is 4.98 Å². The molecule has 0 unspecified atom stereocenters. The molecule has 0 amide bonds. The maximum absolute atomic E-state index is 4.21. The van der Waals surface area contributed by atoms with E-state index in [9.17, 15) is 0 Å². The van der Waals surface area contributed by atoms with Crippen molar-refractivity contribution < 1.29 is 33.6 Å². The Labute approximate surface area is 79.0 Å². The Morgan fingerprint density at radius 3 is 1.56 bits per heavy atom. The zero-order valence-corrected chi connectivity index (χ0v) is 9.48. The molecule has 0 fully saturated rings. The van der Waals surface area contributed by atoms with Crippen molar-refractivity contribution >= 4 is 10.1 Å². The third kappa shape index (κ3) is 8.51. The van der Waals surface area contributed by atoms with Gasteiger partial charge in [-0.25, -0.2) is 0 Å². The van der Waals surface area contributed by atoms with E-state index in [-0.39, 0.29) is 17.1 Å². The van der Waals surface area contributed by atoms with Crippen molar-refractivity contribution in [1.29, 1.82) is 0 Å². The van der Waals surface area contributed by atoms with Crippen molar-refractivity contribution in [2.24, 2.45) is 0 Å². The van der Waals surface area contributed by atoms with E-state index >= 15 is 0 Å². The van der Waals surface area contributed by atoms with Crippen LogP contribution in [0.5, 0.6) is 0 Å². The van der Waals surface area contributed by atoms with Gasteiger partial charge in [0.25, 0.3) is 0 Å². The van der Waals surface area contributed by atoms with Crippen LogP contribution in [0, 0.1) is 0 Å². The van der Waals surface area contributed by atoms with Crippen LogP contribution in [-0.4, -0.2) is 4.98 Å². The average Bonchev–Trinajstić information content (AvgIpc) is 1.96. The van der Waals surface area contributed by atoms with Gasteiger partial charge in [-0.1, -0.05) is 6.07 Å². The Balaban J connectivity index is 0. The summed E-state index contributed by atoms with van der Waals surface area (Å²) in [5, 5.41) is 0. The van der Waals surface area contributed by atoms with Crippen LogP contribution < -0.4 is 0 Å². The third-order valence-electron chi connectivity index (χ3n) is 0.566. The van der Waals surface area contributed by atoms with E-state index in [0.717, 1.165) is 16.6 Å². The van der Waals surface area contributed by atoms with E-state index in [1.165, 1.54) is 0 Å². The molecule has 1 radical (unpaired) electrons.